The van der Waals surface area contributed by atoms with Crippen molar-refractivity contribution >= 4 is 22.9 Å². The molecule has 0 unspecified atom stereocenters. The first-order chi connectivity index (χ1) is 18.4. The minimum absolute atomic E-state index is 0.196. The molecular weight excluding hydrogens is 508 g/mol. The summed E-state index contributed by atoms with van der Waals surface area (Å²) in [6, 6.07) is 13.7. The summed E-state index contributed by atoms with van der Waals surface area (Å²) in [4.78, 5) is 17.6. The molecule has 0 radical (unpaired) electrons. The second-order valence-electron chi connectivity index (χ2n) is 9.25. The van der Waals surface area contributed by atoms with Gasteiger partial charge in [0.15, 0.2) is 0 Å². The van der Waals surface area contributed by atoms with E-state index in [-0.39, 0.29) is 6.04 Å². The summed E-state index contributed by atoms with van der Waals surface area (Å²) in [5, 5.41) is 20.4. The Bertz CT molecular complexity index is 1310. The van der Waals surface area contributed by atoms with Gasteiger partial charge in [-0.1, -0.05) is 35.7 Å². The number of allylic oxidation sites excluding steroid dienone is 2. The summed E-state index contributed by atoms with van der Waals surface area (Å²) in [5.74, 6) is 5.60. The molecule has 0 aliphatic carbocycles. The summed E-state index contributed by atoms with van der Waals surface area (Å²) < 4.78 is 4.25. The Balaban J connectivity index is 0.000000524. The number of aliphatic carboxylic acids is 1. The number of likely N-dealkylation sites (N-methyl/N-ethyl adjacent to an activating group) is 1. The molecule has 0 aliphatic heterocycles. The van der Waals surface area contributed by atoms with Gasteiger partial charge in [-0.3, -0.25) is 0 Å². The van der Waals surface area contributed by atoms with Crippen molar-refractivity contribution in [3.63, 3.8) is 0 Å². The van der Waals surface area contributed by atoms with Crippen LogP contribution >= 0.6 is 11.3 Å². The molecule has 0 atom stereocenters. The van der Waals surface area contributed by atoms with Gasteiger partial charge < -0.3 is 19.8 Å². The van der Waals surface area contributed by atoms with Crippen molar-refractivity contribution < 1.29 is 19.7 Å². The number of thiazole rings is 1. The van der Waals surface area contributed by atoms with Crippen LogP contribution in [0.4, 0.5) is 0 Å². The summed E-state index contributed by atoms with van der Waals surface area (Å²) in [6.07, 6.45) is 1.93. The van der Waals surface area contributed by atoms with E-state index in [0.29, 0.717) is 17.0 Å². The topological polar surface area (TPSA) is 82.9 Å². The maximum atomic E-state index is 11.5. The highest BCUT2D eigenvalue weighted by Gasteiger charge is 2.14. The maximum Gasteiger partial charge on any atom is 0.333 e. The average molecular weight is 549 g/mol. The highest BCUT2D eigenvalue weighted by molar-refractivity contribution is 7.07. The first-order valence-corrected chi connectivity index (χ1v) is 13.4. The van der Waals surface area contributed by atoms with E-state index in [9.17, 15) is 9.90 Å². The average Bonchev–Trinajstić information content (AvgIpc) is 3.42. The zero-order chi connectivity index (χ0) is 29.5. The number of nitrogens with zero attached hydrogens (tertiary/aromatic N) is 2. The number of aryl methyl sites for hydroxylation is 2. The van der Waals surface area contributed by atoms with Crippen LogP contribution in [0.3, 0.4) is 0 Å². The zero-order valence-electron chi connectivity index (χ0n) is 24.4. The molecule has 0 amide bonds. The number of ether oxygens (including phenoxy) is 1. The van der Waals surface area contributed by atoms with Gasteiger partial charge in [-0.2, -0.15) is 0 Å². The van der Waals surface area contributed by atoms with E-state index in [2.05, 4.69) is 21.6 Å². The van der Waals surface area contributed by atoms with Crippen LogP contribution in [0.1, 0.15) is 55.6 Å². The van der Waals surface area contributed by atoms with Crippen LogP contribution in [-0.2, 0) is 9.53 Å². The Hall–Kier alpha value is -3.86. The molecule has 0 fully saturated rings. The first kappa shape index (κ1) is 33.2. The predicted molar refractivity (Wildman–Crippen MR) is 162 cm³/mol. The number of carbonyl (C=O) groups is 1. The summed E-state index contributed by atoms with van der Waals surface area (Å²) in [7, 11) is 5.16. The standard InChI is InChI=1S/C22H24N2O2S.C8H10O.C2H6O/c1-15(2)24(5)21(17(4)22(25)26)12-16(3)19-9-6-18(7-10-19)8-11-20-13-27-14-23-20;1-6-3-4-8(9)7(2)5-6;1-3-2/h6-7,9-10,12-15H,1-5H3,(H,25,26);3-5,9H,1-2H3;1-2H3/b16-12+,21-17-;;. The number of rotatable bonds is 5. The Morgan fingerprint density at radius 1 is 1.08 bits per heavy atom. The predicted octanol–water partition coefficient (Wildman–Crippen LogP) is 6.92. The summed E-state index contributed by atoms with van der Waals surface area (Å²) in [5.41, 5.74) is 8.64. The molecular formula is C32H40N2O4S. The molecule has 3 aromatic rings. The third kappa shape index (κ3) is 11.6. The zero-order valence-corrected chi connectivity index (χ0v) is 25.2. The van der Waals surface area contributed by atoms with Crippen LogP contribution in [-0.4, -0.2) is 53.4 Å². The molecule has 1 heterocycles. The van der Waals surface area contributed by atoms with E-state index in [0.717, 1.165) is 28.0 Å². The van der Waals surface area contributed by atoms with Crippen molar-refractivity contribution in [2.75, 3.05) is 21.3 Å². The van der Waals surface area contributed by atoms with E-state index >= 15 is 0 Å². The lowest BCUT2D eigenvalue weighted by molar-refractivity contribution is -0.132. The fourth-order valence-electron chi connectivity index (χ4n) is 3.18. The number of carboxylic acids is 1. The van der Waals surface area contributed by atoms with Gasteiger partial charge in [-0.25, -0.2) is 9.78 Å². The van der Waals surface area contributed by atoms with Gasteiger partial charge in [0.2, 0.25) is 0 Å². The normalized spacial score (nSPS) is 11.2. The molecule has 0 aliphatic rings. The number of phenolic OH excluding ortho intramolecular Hbond substituents is 1. The molecule has 39 heavy (non-hydrogen) atoms. The molecule has 0 saturated heterocycles. The fourth-order valence-corrected chi connectivity index (χ4v) is 3.67. The van der Waals surface area contributed by atoms with Gasteiger partial charge in [0.1, 0.15) is 11.4 Å². The molecule has 2 N–H and O–H groups in total. The summed E-state index contributed by atoms with van der Waals surface area (Å²) in [6.45, 7) is 11.6. The highest BCUT2D eigenvalue weighted by atomic mass is 32.1. The molecule has 7 heteroatoms. The number of methoxy groups -OCH3 is 1. The van der Waals surface area contributed by atoms with Gasteiger partial charge in [0, 0.05) is 43.9 Å². The maximum absolute atomic E-state index is 11.5. The van der Waals surface area contributed by atoms with E-state index in [1.807, 2.05) is 94.4 Å². The third-order valence-corrected chi connectivity index (χ3v) is 6.26. The largest absolute Gasteiger partial charge is 0.508 e. The molecule has 2 aromatic carbocycles. The Morgan fingerprint density at radius 3 is 2.15 bits per heavy atom. The van der Waals surface area contributed by atoms with E-state index in [1.54, 1.807) is 32.7 Å². The van der Waals surface area contributed by atoms with Gasteiger partial charge in [0.25, 0.3) is 0 Å². The highest BCUT2D eigenvalue weighted by Crippen LogP contribution is 2.22. The number of hydrogen-bond donors (Lipinski definition) is 2. The second-order valence-corrected chi connectivity index (χ2v) is 9.97. The van der Waals surface area contributed by atoms with Crippen molar-refractivity contribution in [2.45, 2.75) is 47.6 Å². The van der Waals surface area contributed by atoms with E-state index in [4.69, 9.17) is 5.11 Å². The quantitative estimate of drug-likeness (QED) is 0.205. The van der Waals surface area contributed by atoms with Crippen molar-refractivity contribution in [3.8, 4) is 17.6 Å². The van der Waals surface area contributed by atoms with Crippen molar-refractivity contribution in [1.29, 1.82) is 0 Å². The minimum Gasteiger partial charge on any atom is -0.508 e. The SMILES string of the molecule is C/C(C(=O)O)=C(\C=C(/C)c1ccc(C#Cc2cscn2)cc1)N(C)C(C)C.COC.Cc1ccc(O)c(C)c1. The van der Waals surface area contributed by atoms with Crippen molar-refractivity contribution in [1.82, 2.24) is 9.88 Å². The number of carboxylic acid groups (broad SMARTS) is 1. The molecule has 0 spiro atoms. The minimum atomic E-state index is -0.908. The van der Waals surface area contributed by atoms with Crippen molar-refractivity contribution in [2.24, 2.45) is 0 Å². The lowest BCUT2D eigenvalue weighted by Gasteiger charge is -2.26. The van der Waals surface area contributed by atoms with Crippen LogP contribution < -0.4 is 0 Å². The first-order valence-electron chi connectivity index (χ1n) is 12.4. The van der Waals surface area contributed by atoms with Gasteiger partial charge in [-0.05, 0) is 88.4 Å². The van der Waals surface area contributed by atoms with Crippen LogP contribution in [0.25, 0.3) is 5.57 Å². The third-order valence-electron chi connectivity index (χ3n) is 5.67. The van der Waals surface area contributed by atoms with Crippen LogP contribution in [0, 0.1) is 25.7 Å². The smallest absolute Gasteiger partial charge is 0.333 e. The lowest BCUT2D eigenvalue weighted by Crippen LogP contribution is -2.27. The van der Waals surface area contributed by atoms with Crippen LogP contribution in [0.15, 0.2) is 70.7 Å². The molecule has 3 rings (SSSR count). The Morgan fingerprint density at radius 2 is 1.69 bits per heavy atom. The number of phenols is 1. The molecule has 208 valence electrons. The Kier molecular flexibility index (Phi) is 14.3. The number of hydrogen-bond acceptors (Lipinski definition) is 6. The Labute approximate surface area is 237 Å². The fraction of sp³-hybridized carbons (Fsp3) is 0.312. The van der Waals surface area contributed by atoms with Crippen LogP contribution in [0.5, 0.6) is 5.75 Å². The molecule has 6 nitrogen and oxygen atoms in total. The molecule has 0 saturated carbocycles. The lowest BCUT2D eigenvalue weighted by atomic mass is 10.0. The number of aromatic hydroxyl groups is 1. The van der Waals surface area contributed by atoms with Crippen molar-refractivity contribution in [3.05, 3.63) is 98.6 Å². The van der Waals surface area contributed by atoms with Gasteiger partial charge in [0.05, 0.1) is 11.1 Å². The number of aromatic nitrogens is 1. The van der Waals surface area contributed by atoms with E-state index < -0.39 is 5.97 Å². The second kappa shape index (κ2) is 16.9. The van der Waals surface area contributed by atoms with E-state index in [1.165, 1.54) is 16.9 Å². The van der Waals surface area contributed by atoms with Gasteiger partial charge in [-0.15, -0.1) is 11.3 Å². The van der Waals surface area contributed by atoms with Gasteiger partial charge >= 0.3 is 5.97 Å². The number of benzene rings is 2. The summed E-state index contributed by atoms with van der Waals surface area (Å²) >= 11 is 1.52. The molecule has 0 bridgehead atoms. The molecule has 1 aromatic heterocycles. The van der Waals surface area contributed by atoms with Crippen LogP contribution in [0.2, 0.25) is 0 Å². The monoisotopic (exact) mass is 548 g/mol.